The zero-order valence-electron chi connectivity index (χ0n) is 14.6. The third-order valence-corrected chi connectivity index (χ3v) is 3.85. The number of hydrogen-bond acceptors (Lipinski definition) is 1. The number of carbonyl (C=O) groups is 1. The molecule has 0 saturated heterocycles. The van der Waals surface area contributed by atoms with Gasteiger partial charge in [-0.05, 0) is 42.4 Å². The lowest BCUT2D eigenvalue weighted by molar-refractivity contribution is -0.120. The molecular weight excluding hydrogens is 258 g/mol. The highest BCUT2D eigenvalue weighted by Crippen LogP contribution is 2.27. The van der Waals surface area contributed by atoms with Crippen molar-refractivity contribution in [3.63, 3.8) is 0 Å². The lowest BCUT2D eigenvalue weighted by atomic mass is 9.91. The van der Waals surface area contributed by atoms with Crippen LogP contribution >= 0.6 is 0 Å². The number of benzene rings is 1. The van der Waals surface area contributed by atoms with E-state index < -0.39 is 0 Å². The number of anilines is 1. The van der Waals surface area contributed by atoms with Crippen LogP contribution in [0.2, 0.25) is 0 Å². The van der Waals surface area contributed by atoms with E-state index in [4.69, 9.17) is 0 Å². The van der Waals surface area contributed by atoms with Crippen LogP contribution in [0, 0.1) is 5.41 Å². The molecule has 1 amide bonds. The standard InChI is InChI=1S/C19H31NO/c1-7-15-11-10-12-17(13-15)20(16(8-2)9-3)18(21)14-19(4,5)6/h10-13,16H,7-9,14H2,1-6H3. The fourth-order valence-corrected chi connectivity index (χ4v) is 2.68. The number of aryl methyl sites for hydroxylation is 1. The second-order valence-electron chi connectivity index (χ2n) is 6.99. The zero-order chi connectivity index (χ0) is 16.0. The average molecular weight is 289 g/mol. The molecule has 0 N–H and O–H groups in total. The molecule has 118 valence electrons. The van der Waals surface area contributed by atoms with Gasteiger partial charge in [-0.25, -0.2) is 0 Å². The van der Waals surface area contributed by atoms with Gasteiger partial charge >= 0.3 is 0 Å². The van der Waals surface area contributed by atoms with Gasteiger partial charge in [0.15, 0.2) is 0 Å². The van der Waals surface area contributed by atoms with Crippen LogP contribution in [-0.2, 0) is 11.2 Å². The Labute approximate surface area is 130 Å². The van der Waals surface area contributed by atoms with E-state index in [0.29, 0.717) is 6.42 Å². The van der Waals surface area contributed by atoms with Gasteiger partial charge in [0.1, 0.15) is 0 Å². The van der Waals surface area contributed by atoms with E-state index in [0.717, 1.165) is 24.9 Å². The second kappa shape index (κ2) is 7.63. The first kappa shape index (κ1) is 17.7. The topological polar surface area (TPSA) is 20.3 Å². The van der Waals surface area contributed by atoms with Crippen molar-refractivity contribution in [3.8, 4) is 0 Å². The Morgan fingerprint density at radius 3 is 2.24 bits per heavy atom. The first-order valence-electron chi connectivity index (χ1n) is 8.23. The van der Waals surface area contributed by atoms with Crippen molar-refractivity contribution < 1.29 is 4.79 Å². The molecule has 0 spiro atoms. The Kier molecular flexibility index (Phi) is 6.44. The third kappa shape index (κ3) is 5.18. The molecule has 2 nitrogen and oxygen atoms in total. The van der Waals surface area contributed by atoms with E-state index in [1.54, 1.807) is 0 Å². The summed E-state index contributed by atoms with van der Waals surface area (Å²) in [6.45, 7) is 12.8. The average Bonchev–Trinajstić information content (AvgIpc) is 2.42. The summed E-state index contributed by atoms with van der Waals surface area (Å²) in [6.07, 6.45) is 3.56. The molecular formula is C19H31NO. The molecule has 0 aliphatic carbocycles. The van der Waals surface area contributed by atoms with Crippen molar-refractivity contribution >= 4 is 11.6 Å². The van der Waals surface area contributed by atoms with Gasteiger partial charge in [-0.1, -0.05) is 53.7 Å². The van der Waals surface area contributed by atoms with Crippen LogP contribution < -0.4 is 4.90 Å². The highest BCUT2D eigenvalue weighted by atomic mass is 16.2. The quantitative estimate of drug-likeness (QED) is 0.704. The highest BCUT2D eigenvalue weighted by Gasteiger charge is 2.26. The highest BCUT2D eigenvalue weighted by molar-refractivity contribution is 5.94. The second-order valence-corrected chi connectivity index (χ2v) is 6.99. The number of carbonyl (C=O) groups excluding carboxylic acids is 1. The lowest BCUT2D eigenvalue weighted by Crippen LogP contribution is -2.41. The van der Waals surface area contributed by atoms with Gasteiger partial charge in [0.25, 0.3) is 0 Å². The minimum absolute atomic E-state index is 0.0176. The fraction of sp³-hybridized carbons (Fsp3) is 0.632. The van der Waals surface area contributed by atoms with Gasteiger partial charge in [-0.2, -0.15) is 0 Å². The predicted octanol–water partition coefficient (Wildman–Crippen LogP) is 5.21. The minimum atomic E-state index is 0.0176. The first-order valence-corrected chi connectivity index (χ1v) is 8.23. The minimum Gasteiger partial charge on any atom is -0.309 e. The number of rotatable bonds is 6. The van der Waals surface area contributed by atoms with Crippen molar-refractivity contribution in [2.45, 2.75) is 73.3 Å². The van der Waals surface area contributed by atoms with Crippen LogP contribution in [0.3, 0.4) is 0 Å². The summed E-state index contributed by atoms with van der Waals surface area (Å²) in [5, 5.41) is 0. The number of amides is 1. The molecule has 0 radical (unpaired) electrons. The van der Waals surface area contributed by atoms with Crippen molar-refractivity contribution in [2.24, 2.45) is 5.41 Å². The smallest absolute Gasteiger partial charge is 0.227 e. The normalized spacial score (nSPS) is 11.8. The van der Waals surface area contributed by atoms with Crippen molar-refractivity contribution in [1.82, 2.24) is 0 Å². The Bertz CT molecular complexity index is 455. The first-order chi connectivity index (χ1) is 9.82. The van der Waals surface area contributed by atoms with Crippen LogP contribution in [0.25, 0.3) is 0 Å². The van der Waals surface area contributed by atoms with Crippen LogP contribution in [0.15, 0.2) is 24.3 Å². The van der Waals surface area contributed by atoms with E-state index in [-0.39, 0.29) is 17.4 Å². The summed E-state index contributed by atoms with van der Waals surface area (Å²) in [6, 6.07) is 8.71. The Morgan fingerprint density at radius 2 is 1.76 bits per heavy atom. The van der Waals surface area contributed by atoms with E-state index >= 15 is 0 Å². The summed E-state index contributed by atoms with van der Waals surface area (Å²) in [5.74, 6) is 0.240. The molecule has 1 aromatic rings. The molecule has 1 aromatic carbocycles. The monoisotopic (exact) mass is 289 g/mol. The number of nitrogens with zero attached hydrogens (tertiary/aromatic N) is 1. The van der Waals surface area contributed by atoms with Crippen LogP contribution in [0.1, 0.15) is 66.4 Å². The van der Waals surface area contributed by atoms with E-state index in [1.807, 2.05) is 4.90 Å². The summed E-state index contributed by atoms with van der Waals surface area (Å²) >= 11 is 0. The molecule has 0 fully saturated rings. The molecule has 1 rings (SSSR count). The predicted molar refractivity (Wildman–Crippen MR) is 91.7 cm³/mol. The van der Waals surface area contributed by atoms with Crippen molar-refractivity contribution in [1.29, 1.82) is 0 Å². The molecule has 0 bridgehead atoms. The molecule has 0 aliphatic heterocycles. The SMILES string of the molecule is CCc1cccc(N(C(=O)CC(C)(C)C)C(CC)CC)c1. The molecule has 21 heavy (non-hydrogen) atoms. The van der Waals surface area contributed by atoms with E-state index in [9.17, 15) is 4.79 Å². The van der Waals surface area contributed by atoms with Crippen LogP contribution in [0.4, 0.5) is 5.69 Å². The van der Waals surface area contributed by atoms with Gasteiger partial charge in [-0.15, -0.1) is 0 Å². The van der Waals surface area contributed by atoms with E-state index in [2.05, 4.69) is 65.8 Å². The maximum atomic E-state index is 12.8. The maximum Gasteiger partial charge on any atom is 0.227 e. The van der Waals surface area contributed by atoms with Crippen molar-refractivity contribution in [2.75, 3.05) is 4.90 Å². The molecule has 0 aromatic heterocycles. The van der Waals surface area contributed by atoms with Gasteiger partial charge < -0.3 is 4.90 Å². The lowest BCUT2D eigenvalue weighted by Gasteiger charge is -2.33. The Morgan fingerprint density at radius 1 is 1.14 bits per heavy atom. The fourth-order valence-electron chi connectivity index (χ4n) is 2.68. The molecule has 0 saturated carbocycles. The molecule has 0 atom stereocenters. The Balaban J connectivity index is 3.15. The molecule has 0 unspecified atom stereocenters. The Hall–Kier alpha value is -1.31. The van der Waals surface area contributed by atoms with Crippen LogP contribution in [0.5, 0.6) is 0 Å². The summed E-state index contributed by atoms with van der Waals surface area (Å²) in [5.41, 5.74) is 2.35. The zero-order valence-corrected chi connectivity index (χ0v) is 14.6. The van der Waals surface area contributed by atoms with Gasteiger partial charge in [0.05, 0.1) is 0 Å². The van der Waals surface area contributed by atoms with Gasteiger partial charge in [0.2, 0.25) is 5.91 Å². The third-order valence-electron chi connectivity index (χ3n) is 3.85. The van der Waals surface area contributed by atoms with E-state index in [1.165, 1.54) is 5.56 Å². The van der Waals surface area contributed by atoms with Crippen LogP contribution in [-0.4, -0.2) is 11.9 Å². The van der Waals surface area contributed by atoms with Gasteiger partial charge in [0, 0.05) is 18.2 Å². The molecule has 2 heteroatoms. The maximum absolute atomic E-state index is 12.8. The summed E-state index contributed by atoms with van der Waals surface area (Å²) in [4.78, 5) is 14.9. The summed E-state index contributed by atoms with van der Waals surface area (Å²) in [7, 11) is 0. The van der Waals surface area contributed by atoms with Crippen molar-refractivity contribution in [3.05, 3.63) is 29.8 Å². The largest absolute Gasteiger partial charge is 0.309 e. The number of hydrogen-bond donors (Lipinski definition) is 0. The molecule has 0 aliphatic rings. The van der Waals surface area contributed by atoms with Gasteiger partial charge in [-0.3, -0.25) is 4.79 Å². The summed E-state index contributed by atoms with van der Waals surface area (Å²) < 4.78 is 0. The molecule has 0 heterocycles.